The third kappa shape index (κ3) is 1.37. The second kappa shape index (κ2) is 3.14. The van der Waals surface area contributed by atoms with E-state index in [0.717, 1.165) is 11.5 Å². The van der Waals surface area contributed by atoms with Crippen LogP contribution >= 0.6 is 0 Å². The minimum Gasteiger partial charge on any atom is -0.359 e. The van der Waals surface area contributed by atoms with Crippen LogP contribution in [0.2, 0.25) is 0 Å². The van der Waals surface area contributed by atoms with Gasteiger partial charge in [-0.05, 0) is 40.3 Å². The van der Waals surface area contributed by atoms with Gasteiger partial charge in [0.15, 0.2) is 5.76 Å². The zero-order valence-electron chi connectivity index (χ0n) is 8.50. The van der Waals surface area contributed by atoms with E-state index in [-0.39, 0.29) is 0 Å². The van der Waals surface area contributed by atoms with Crippen LogP contribution in [0.1, 0.15) is 35.9 Å². The predicted octanol–water partition coefficient (Wildman–Crippen LogP) is 2.06. The average molecular weight is 180 g/mol. The Bertz CT molecular complexity index is 306. The molecular formula is C10H16N2O. The van der Waals surface area contributed by atoms with E-state index in [2.05, 4.69) is 24.0 Å². The zero-order chi connectivity index (χ0) is 9.42. The molecule has 1 aliphatic heterocycles. The summed E-state index contributed by atoms with van der Waals surface area (Å²) in [5.74, 6) is 1.07. The average Bonchev–Trinajstić information content (AvgIpc) is 2.62. The molecule has 3 heteroatoms. The van der Waals surface area contributed by atoms with E-state index in [4.69, 9.17) is 4.52 Å². The van der Waals surface area contributed by atoms with Crippen LogP contribution in [0.25, 0.3) is 0 Å². The third-order valence-corrected chi connectivity index (χ3v) is 3.02. The number of hydrogen-bond donors (Lipinski definition) is 0. The lowest BCUT2D eigenvalue weighted by Crippen LogP contribution is -2.17. The van der Waals surface area contributed by atoms with Gasteiger partial charge in [0, 0.05) is 5.56 Å². The smallest absolute Gasteiger partial charge is 0.156 e. The molecule has 0 saturated carbocycles. The molecule has 1 atom stereocenters. The van der Waals surface area contributed by atoms with E-state index in [1.807, 2.05) is 6.92 Å². The predicted molar refractivity (Wildman–Crippen MR) is 50.6 cm³/mol. The maximum Gasteiger partial charge on any atom is 0.156 e. The summed E-state index contributed by atoms with van der Waals surface area (Å²) in [7, 11) is 2.15. The van der Waals surface area contributed by atoms with Crippen LogP contribution < -0.4 is 0 Å². The van der Waals surface area contributed by atoms with Gasteiger partial charge in [-0.1, -0.05) is 5.16 Å². The van der Waals surface area contributed by atoms with Gasteiger partial charge in [-0.25, -0.2) is 0 Å². The summed E-state index contributed by atoms with van der Waals surface area (Å²) in [6.07, 6.45) is 2.46. The largest absolute Gasteiger partial charge is 0.359 e. The van der Waals surface area contributed by atoms with Crippen LogP contribution in [-0.4, -0.2) is 23.6 Å². The van der Waals surface area contributed by atoms with Crippen LogP contribution in [0.5, 0.6) is 0 Å². The van der Waals surface area contributed by atoms with Gasteiger partial charge in [0.25, 0.3) is 0 Å². The van der Waals surface area contributed by atoms with Gasteiger partial charge in [0.05, 0.1) is 11.7 Å². The Balaban J connectivity index is 2.29. The van der Waals surface area contributed by atoms with Crippen molar-refractivity contribution >= 4 is 0 Å². The SMILES string of the molecule is Cc1noc(C2CCCN2C)c1C. The van der Waals surface area contributed by atoms with Gasteiger partial charge in [-0.2, -0.15) is 0 Å². The number of rotatable bonds is 1. The zero-order valence-corrected chi connectivity index (χ0v) is 8.50. The molecule has 1 aromatic rings. The second-order valence-electron chi connectivity index (χ2n) is 3.90. The Labute approximate surface area is 78.7 Å². The number of aryl methyl sites for hydroxylation is 1. The monoisotopic (exact) mass is 180 g/mol. The van der Waals surface area contributed by atoms with E-state index in [9.17, 15) is 0 Å². The topological polar surface area (TPSA) is 29.3 Å². The first kappa shape index (κ1) is 8.75. The van der Waals surface area contributed by atoms with Crippen molar-refractivity contribution in [2.24, 2.45) is 0 Å². The minimum atomic E-state index is 0.459. The molecule has 0 aromatic carbocycles. The molecule has 0 amide bonds. The molecule has 1 aromatic heterocycles. The van der Waals surface area contributed by atoms with Crippen LogP contribution in [0.3, 0.4) is 0 Å². The van der Waals surface area contributed by atoms with Crippen LogP contribution in [0, 0.1) is 13.8 Å². The van der Waals surface area contributed by atoms with Gasteiger partial charge < -0.3 is 4.52 Å². The van der Waals surface area contributed by atoms with Crippen molar-refractivity contribution in [3.63, 3.8) is 0 Å². The molecule has 2 rings (SSSR count). The molecule has 1 saturated heterocycles. The van der Waals surface area contributed by atoms with E-state index >= 15 is 0 Å². The summed E-state index contributed by atoms with van der Waals surface area (Å²) < 4.78 is 5.36. The van der Waals surface area contributed by atoms with Crippen molar-refractivity contribution in [1.29, 1.82) is 0 Å². The second-order valence-corrected chi connectivity index (χ2v) is 3.90. The number of aromatic nitrogens is 1. The third-order valence-electron chi connectivity index (χ3n) is 3.02. The molecule has 0 radical (unpaired) electrons. The maximum atomic E-state index is 5.36. The molecule has 2 heterocycles. The summed E-state index contributed by atoms with van der Waals surface area (Å²) in [5, 5.41) is 3.99. The van der Waals surface area contributed by atoms with Gasteiger partial charge in [0.1, 0.15) is 0 Å². The van der Waals surface area contributed by atoms with Crippen LogP contribution in [0.15, 0.2) is 4.52 Å². The van der Waals surface area contributed by atoms with Gasteiger partial charge in [-0.3, -0.25) is 4.90 Å². The quantitative estimate of drug-likeness (QED) is 0.662. The molecule has 0 spiro atoms. The van der Waals surface area contributed by atoms with Crippen molar-refractivity contribution in [3.8, 4) is 0 Å². The summed E-state index contributed by atoms with van der Waals surface area (Å²) in [5.41, 5.74) is 2.24. The normalized spacial score (nSPS) is 24.1. The fourth-order valence-electron chi connectivity index (χ4n) is 1.99. The molecule has 1 fully saturated rings. The molecule has 72 valence electrons. The summed E-state index contributed by atoms with van der Waals surface area (Å²) in [4.78, 5) is 2.34. The highest BCUT2D eigenvalue weighted by Crippen LogP contribution is 2.32. The molecule has 0 bridgehead atoms. The first-order chi connectivity index (χ1) is 6.20. The number of nitrogens with zero attached hydrogens (tertiary/aromatic N) is 2. The van der Waals surface area contributed by atoms with Crippen LogP contribution in [0.4, 0.5) is 0 Å². The van der Waals surface area contributed by atoms with Crippen molar-refractivity contribution in [2.75, 3.05) is 13.6 Å². The standard InChI is InChI=1S/C10H16N2O/c1-7-8(2)11-13-10(7)9-5-4-6-12(9)3/h9H,4-6H2,1-3H3. The van der Waals surface area contributed by atoms with Gasteiger partial charge >= 0.3 is 0 Å². The lowest BCUT2D eigenvalue weighted by atomic mass is 10.1. The Morgan fingerprint density at radius 3 is 2.69 bits per heavy atom. The molecule has 13 heavy (non-hydrogen) atoms. The highest BCUT2D eigenvalue weighted by atomic mass is 16.5. The van der Waals surface area contributed by atoms with E-state index < -0.39 is 0 Å². The number of likely N-dealkylation sites (tertiary alicyclic amines) is 1. The molecule has 1 unspecified atom stereocenters. The number of hydrogen-bond acceptors (Lipinski definition) is 3. The van der Waals surface area contributed by atoms with Crippen LogP contribution in [-0.2, 0) is 0 Å². The highest BCUT2D eigenvalue weighted by molar-refractivity contribution is 5.23. The van der Waals surface area contributed by atoms with E-state index in [1.165, 1.54) is 24.9 Å². The van der Waals surface area contributed by atoms with Gasteiger partial charge in [0.2, 0.25) is 0 Å². The first-order valence-corrected chi connectivity index (χ1v) is 4.83. The lowest BCUT2D eigenvalue weighted by molar-refractivity contribution is 0.250. The Morgan fingerprint density at radius 2 is 2.23 bits per heavy atom. The van der Waals surface area contributed by atoms with Crippen molar-refractivity contribution in [1.82, 2.24) is 10.1 Å². The Kier molecular flexibility index (Phi) is 2.12. The van der Waals surface area contributed by atoms with E-state index in [0.29, 0.717) is 6.04 Å². The summed E-state index contributed by atoms with van der Waals surface area (Å²) in [6, 6.07) is 0.459. The lowest BCUT2D eigenvalue weighted by Gasteiger charge is -2.16. The molecule has 0 N–H and O–H groups in total. The summed E-state index contributed by atoms with van der Waals surface area (Å²) in [6.45, 7) is 5.26. The molecular weight excluding hydrogens is 164 g/mol. The van der Waals surface area contributed by atoms with Gasteiger partial charge in [-0.15, -0.1) is 0 Å². The first-order valence-electron chi connectivity index (χ1n) is 4.83. The van der Waals surface area contributed by atoms with Crippen molar-refractivity contribution < 1.29 is 4.52 Å². The Morgan fingerprint density at radius 1 is 1.46 bits per heavy atom. The van der Waals surface area contributed by atoms with Crippen molar-refractivity contribution in [3.05, 3.63) is 17.0 Å². The fraction of sp³-hybridized carbons (Fsp3) is 0.700. The highest BCUT2D eigenvalue weighted by Gasteiger charge is 2.27. The molecule has 3 nitrogen and oxygen atoms in total. The fourth-order valence-corrected chi connectivity index (χ4v) is 1.99. The summed E-state index contributed by atoms with van der Waals surface area (Å²) >= 11 is 0. The molecule has 0 aliphatic carbocycles. The minimum absolute atomic E-state index is 0.459. The van der Waals surface area contributed by atoms with E-state index in [1.54, 1.807) is 0 Å². The van der Waals surface area contributed by atoms with Crippen molar-refractivity contribution in [2.45, 2.75) is 32.7 Å². The Hall–Kier alpha value is -0.830. The molecule has 1 aliphatic rings. The maximum absolute atomic E-state index is 5.36.